The van der Waals surface area contributed by atoms with E-state index in [0.717, 1.165) is 15.2 Å². The van der Waals surface area contributed by atoms with Crippen LogP contribution in [0.5, 0.6) is 0 Å². The second kappa shape index (κ2) is 6.63. The Morgan fingerprint density at radius 1 is 0.636 bits per heavy atom. The Kier molecular flexibility index (Phi) is 4.40. The van der Waals surface area contributed by atoms with Crippen molar-refractivity contribution < 1.29 is 0 Å². The van der Waals surface area contributed by atoms with E-state index in [9.17, 15) is 0 Å². The van der Waals surface area contributed by atoms with Crippen LogP contribution in [0.4, 0.5) is 5.69 Å². The molecule has 4 aromatic rings. The third kappa shape index (κ3) is 3.46. The van der Waals surface area contributed by atoms with Crippen molar-refractivity contribution in [2.24, 2.45) is 0 Å². The maximum Gasteiger partial charge on any atom is 0.0401 e. The number of hydrogen-bond acceptors (Lipinski definition) is 1. The topological polar surface area (TPSA) is 26.0 Å². The third-order valence-corrected chi connectivity index (χ3v) is 3.77. The molecular formula is C20H14BrN. The van der Waals surface area contributed by atoms with Crippen molar-refractivity contribution in [1.82, 2.24) is 0 Å². The van der Waals surface area contributed by atoms with Crippen molar-refractivity contribution in [3.63, 3.8) is 0 Å². The summed E-state index contributed by atoms with van der Waals surface area (Å²) in [5, 5.41) is 4.65. The first-order valence-electron chi connectivity index (χ1n) is 6.95. The third-order valence-electron chi connectivity index (χ3n) is 3.31. The molecular weight excluding hydrogens is 334 g/mol. The molecule has 0 aromatic heterocycles. The monoisotopic (exact) mass is 347 g/mol. The summed E-state index contributed by atoms with van der Waals surface area (Å²) in [4.78, 5) is 0. The van der Waals surface area contributed by atoms with Crippen molar-refractivity contribution in [2.45, 2.75) is 0 Å². The maximum absolute atomic E-state index is 5.57. The molecule has 4 aromatic carbocycles. The molecule has 0 aliphatic rings. The Balaban J connectivity index is 0.000000131. The van der Waals surface area contributed by atoms with Crippen molar-refractivity contribution in [1.29, 1.82) is 0 Å². The lowest BCUT2D eigenvalue weighted by atomic mass is 10.1. The summed E-state index contributed by atoms with van der Waals surface area (Å²) in [6.45, 7) is 0. The molecule has 0 heterocycles. The number of hydrogen-bond donors (Lipinski definition) is 1. The fourth-order valence-electron chi connectivity index (χ4n) is 2.22. The van der Waals surface area contributed by atoms with E-state index < -0.39 is 0 Å². The van der Waals surface area contributed by atoms with Crippen LogP contribution in [0.15, 0.2) is 77.3 Å². The first kappa shape index (κ1) is 14.6. The molecule has 22 heavy (non-hydrogen) atoms. The number of halogens is 1. The van der Waals surface area contributed by atoms with E-state index >= 15 is 0 Å². The van der Waals surface area contributed by atoms with Gasteiger partial charge in [-0.05, 0) is 33.7 Å². The average molecular weight is 348 g/mol. The van der Waals surface area contributed by atoms with Gasteiger partial charge in [-0.15, -0.1) is 0 Å². The van der Waals surface area contributed by atoms with E-state index in [2.05, 4.69) is 46.3 Å². The molecule has 4 rings (SSSR count). The van der Waals surface area contributed by atoms with Crippen LogP contribution in [0.25, 0.3) is 21.5 Å². The zero-order chi connectivity index (χ0) is 15.4. The number of nitrogen functional groups attached to an aromatic ring is 1. The highest BCUT2D eigenvalue weighted by Crippen LogP contribution is 2.18. The average Bonchev–Trinajstić information content (AvgIpc) is 2.55. The fourth-order valence-corrected chi connectivity index (χ4v) is 2.57. The molecule has 1 nitrogen and oxygen atoms in total. The van der Waals surface area contributed by atoms with Crippen LogP contribution in [-0.2, 0) is 0 Å². The van der Waals surface area contributed by atoms with Gasteiger partial charge in [0.05, 0.1) is 0 Å². The van der Waals surface area contributed by atoms with Gasteiger partial charge in [0.1, 0.15) is 0 Å². The molecule has 0 aliphatic heterocycles. The molecule has 2 N–H and O–H groups in total. The summed E-state index contributed by atoms with van der Waals surface area (Å²) in [5.74, 6) is 0. The number of rotatable bonds is 0. The summed E-state index contributed by atoms with van der Waals surface area (Å²) in [7, 11) is 0. The molecule has 2 radical (unpaired) electrons. The molecule has 0 aliphatic carbocycles. The van der Waals surface area contributed by atoms with Gasteiger partial charge in [-0.3, -0.25) is 0 Å². The first-order valence-corrected chi connectivity index (χ1v) is 7.75. The molecule has 0 bridgehead atoms. The number of benzene rings is 4. The normalized spacial score (nSPS) is 10.2. The van der Waals surface area contributed by atoms with Crippen molar-refractivity contribution in [3.05, 3.63) is 89.4 Å². The summed E-state index contributed by atoms with van der Waals surface area (Å²) in [6, 6.07) is 30.5. The van der Waals surface area contributed by atoms with E-state index in [1.54, 1.807) is 0 Å². The van der Waals surface area contributed by atoms with E-state index in [4.69, 9.17) is 5.73 Å². The predicted molar refractivity (Wildman–Crippen MR) is 97.7 cm³/mol. The van der Waals surface area contributed by atoms with Gasteiger partial charge in [0.25, 0.3) is 0 Å². The van der Waals surface area contributed by atoms with Gasteiger partial charge in [0, 0.05) is 22.3 Å². The predicted octanol–water partition coefficient (Wildman–Crippen LogP) is 5.62. The van der Waals surface area contributed by atoms with Crippen molar-refractivity contribution >= 4 is 43.2 Å². The highest BCUT2D eigenvalue weighted by molar-refractivity contribution is 9.10. The van der Waals surface area contributed by atoms with E-state index in [1.807, 2.05) is 54.6 Å². The minimum absolute atomic E-state index is 0.698. The molecule has 106 valence electrons. The lowest BCUT2D eigenvalue weighted by molar-refractivity contribution is 1.69. The molecule has 0 fully saturated rings. The standard InChI is InChI=1S/C10H6Br.C10H8N/c2*11-10-6-5-8-3-1-2-4-9(8)7-10/h1-6H;1-6H,11H2. The minimum Gasteiger partial charge on any atom is -0.398 e. The van der Waals surface area contributed by atoms with Gasteiger partial charge < -0.3 is 5.73 Å². The second-order valence-electron chi connectivity index (χ2n) is 4.89. The van der Waals surface area contributed by atoms with Crippen LogP contribution in [-0.4, -0.2) is 0 Å². The Hall–Kier alpha value is -2.32. The molecule has 0 saturated heterocycles. The first-order chi connectivity index (χ1) is 10.7. The van der Waals surface area contributed by atoms with E-state index in [-0.39, 0.29) is 0 Å². The van der Waals surface area contributed by atoms with E-state index in [0.29, 0.717) is 5.69 Å². The smallest absolute Gasteiger partial charge is 0.0401 e. The summed E-state index contributed by atoms with van der Waals surface area (Å²) in [5.41, 5.74) is 6.27. The van der Waals surface area contributed by atoms with Gasteiger partial charge in [-0.1, -0.05) is 76.6 Å². The van der Waals surface area contributed by atoms with Crippen LogP contribution in [0.3, 0.4) is 0 Å². The van der Waals surface area contributed by atoms with Gasteiger partial charge >= 0.3 is 0 Å². The SMILES string of the molecule is Brc1[c]c2ccccc2cc1.Nc1[c]c2ccccc2cc1. The minimum atomic E-state index is 0.698. The van der Waals surface area contributed by atoms with Gasteiger partial charge in [-0.25, -0.2) is 0 Å². The molecule has 0 atom stereocenters. The molecule has 0 amide bonds. The van der Waals surface area contributed by atoms with Crippen LogP contribution in [0.2, 0.25) is 0 Å². The van der Waals surface area contributed by atoms with Crippen molar-refractivity contribution in [3.8, 4) is 0 Å². The van der Waals surface area contributed by atoms with Gasteiger partial charge in [0.15, 0.2) is 0 Å². The van der Waals surface area contributed by atoms with Gasteiger partial charge in [-0.2, -0.15) is 0 Å². The van der Waals surface area contributed by atoms with Crippen LogP contribution >= 0.6 is 15.9 Å². The van der Waals surface area contributed by atoms with Crippen LogP contribution < -0.4 is 5.73 Å². The van der Waals surface area contributed by atoms with Crippen LogP contribution in [0.1, 0.15) is 0 Å². The lowest BCUT2D eigenvalue weighted by Gasteiger charge is -1.96. The second-order valence-corrected chi connectivity index (χ2v) is 5.75. The highest BCUT2D eigenvalue weighted by atomic mass is 79.9. The summed E-state index contributed by atoms with van der Waals surface area (Å²) < 4.78 is 1.01. The largest absolute Gasteiger partial charge is 0.398 e. The van der Waals surface area contributed by atoms with Crippen LogP contribution in [0, 0.1) is 12.1 Å². The van der Waals surface area contributed by atoms with E-state index in [1.165, 1.54) is 10.8 Å². The lowest BCUT2D eigenvalue weighted by Crippen LogP contribution is -1.83. The highest BCUT2D eigenvalue weighted by Gasteiger charge is 1.92. The Labute approximate surface area is 138 Å². The molecule has 0 spiro atoms. The van der Waals surface area contributed by atoms with Crippen molar-refractivity contribution in [2.75, 3.05) is 5.73 Å². The maximum atomic E-state index is 5.57. The molecule has 2 heteroatoms. The summed E-state index contributed by atoms with van der Waals surface area (Å²) >= 11 is 3.38. The number of fused-ring (bicyclic) bond motifs is 2. The summed E-state index contributed by atoms with van der Waals surface area (Å²) in [6.07, 6.45) is 0. The Morgan fingerprint density at radius 2 is 1.18 bits per heavy atom. The number of nitrogens with two attached hydrogens (primary N) is 1. The zero-order valence-corrected chi connectivity index (χ0v) is 13.5. The number of anilines is 1. The Morgan fingerprint density at radius 3 is 1.86 bits per heavy atom. The zero-order valence-electron chi connectivity index (χ0n) is 11.9. The van der Waals surface area contributed by atoms with Gasteiger partial charge in [0.2, 0.25) is 0 Å². The quantitative estimate of drug-likeness (QED) is 0.410. The Bertz CT molecular complexity index is 838. The fraction of sp³-hybridized carbons (Fsp3) is 0. The molecule has 0 saturated carbocycles. The molecule has 0 unspecified atom stereocenters.